The lowest BCUT2D eigenvalue weighted by atomic mass is 10.0. The van der Waals surface area contributed by atoms with Crippen LogP contribution in [0.15, 0.2) is 18.2 Å². The molecule has 5 heteroatoms. The molecule has 0 radical (unpaired) electrons. The molecule has 0 aromatic heterocycles. The maximum Gasteiger partial charge on any atom is 0.416 e. The molecule has 0 saturated heterocycles. The average molecular weight is 235 g/mol. The molecule has 0 unspecified atom stereocenters. The highest BCUT2D eigenvalue weighted by Crippen LogP contribution is 2.31. The Labute approximate surface area is 91.3 Å². The summed E-state index contributed by atoms with van der Waals surface area (Å²) in [6, 6.07) is 1.91. The Hall–Kier alpha value is -1.10. The van der Waals surface area contributed by atoms with Gasteiger partial charge in [-0.25, -0.2) is 4.39 Å². The van der Waals surface area contributed by atoms with Gasteiger partial charge in [0.25, 0.3) is 0 Å². The quantitative estimate of drug-likeness (QED) is 0.795. The van der Waals surface area contributed by atoms with E-state index >= 15 is 0 Å². The number of rotatable bonds is 3. The summed E-state index contributed by atoms with van der Waals surface area (Å²) in [6.07, 6.45) is -3.22. The van der Waals surface area contributed by atoms with Gasteiger partial charge < -0.3 is 5.73 Å². The van der Waals surface area contributed by atoms with E-state index in [4.69, 9.17) is 5.73 Å². The Balaban J connectivity index is 3.00. The highest BCUT2D eigenvalue weighted by atomic mass is 19.4. The first-order valence-corrected chi connectivity index (χ1v) is 4.98. The molecule has 0 spiro atoms. The third-order valence-electron chi connectivity index (χ3n) is 2.33. The predicted molar refractivity (Wildman–Crippen MR) is 53.2 cm³/mol. The normalized spacial score (nSPS) is 13.9. The molecule has 0 fully saturated rings. The first kappa shape index (κ1) is 13.0. The Bertz CT molecular complexity index is 359. The Morgan fingerprint density at radius 2 is 1.94 bits per heavy atom. The minimum atomic E-state index is -4.52. The average Bonchev–Trinajstić information content (AvgIpc) is 2.16. The SMILES string of the molecule is CCC[C@@H](N)c1ccc(C(F)(F)F)cc1F. The van der Waals surface area contributed by atoms with Gasteiger partial charge in [0.1, 0.15) is 5.82 Å². The van der Waals surface area contributed by atoms with Gasteiger partial charge in [0.05, 0.1) is 5.56 Å². The maximum atomic E-state index is 13.4. The van der Waals surface area contributed by atoms with E-state index in [0.717, 1.165) is 18.6 Å². The smallest absolute Gasteiger partial charge is 0.324 e. The number of halogens is 4. The Morgan fingerprint density at radius 1 is 1.31 bits per heavy atom. The van der Waals surface area contributed by atoms with Crippen molar-refractivity contribution >= 4 is 0 Å². The van der Waals surface area contributed by atoms with E-state index < -0.39 is 23.6 Å². The van der Waals surface area contributed by atoms with Gasteiger partial charge >= 0.3 is 6.18 Å². The lowest BCUT2D eigenvalue weighted by Crippen LogP contribution is -2.13. The molecule has 1 nitrogen and oxygen atoms in total. The van der Waals surface area contributed by atoms with Gasteiger partial charge in [-0.1, -0.05) is 19.4 Å². The zero-order chi connectivity index (χ0) is 12.3. The molecule has 1 aromatic rings. The number of benzene rings is 1. The lowest BCUT2D eigenvalue weighted by Gasteiger charge is -2.13. The lowest BCUT2D eigenvalue weighted by molar-refractivity contribution is -0.137. The molecule has 0 aliphatic rings. The van der Waals surface area contributed by atoms with Crippen molar-refractivity contribution in [2.45, 2.75) is 32.0 Å². The van der Waals surface area contributed by atoms with Gasteiger partial charge in [-0.05, 0) is 18.6 Å². The van der Waals surface area contributed by atoms with E-state index in [0.29, 0.717) is 12.5 Å². The fraction of sp³-hybridized carbons (Fsp3) is 0.455. The summed E-state index contributed by atoms with van der Waals surface area (Å²) in [5.41, 5.74) is 4.79. The molecule has 0 saturated carbocycles. The third-order valence-corrected chi connectivity index (χ3v) is 2.33. The zero-order valence-electron chi connectivity index (χ0n) is 8.81. The fourth-order valence-electron chi connectivity index (χ4n) is 1.47. The van der Waals surface area contributed by atoms with Crippen LogP contribution in [0.4, 0.5) is 17.6 Å². The van der Waals surface area contributed by atoms with Gasteiger partial charge in [-0.3, -0.25) is 0 Å². The van der Waals surface area contributed by atoms with Crippen molar-refractivity contribution in [3.8, 4) is 0 Å². The van der Waals surface area contributed by atoms with Crippen LogP contribution in [0.3, 0.4) is 0 Å². The van der Waals surface area contributed by atoms with Crippen molar-refractivity contribution in [2.75, 3.05) is 0 Å². The Morgan fingerprint density at radius 3 is 2.38 bits per heavy atom. The van der Waals surface area contributed by atoms with Crippen molar-refractivity contribution in [1.82, 2.24) is 0 Å². The molecule has 2 N–H and O–H groups in total. The second-order valence-corrected chi connectivity index (χ2v) is 3.63. The van der Waals surface area contributed by atoms with Crippen molar-refractivity contribution in [3.05, 3.63) is 35.1 Å². The van der Waals surface area contributed by atoms with E-state index in [1.165, 1.54) is 0 Å². The molecule has 90 valence electrons. The van der Waals surface area contributed by atoms with E-state index in [2.05, 4.69) is 0 Å². The van der Waals surface area contributed by atoms with E-state index in [9.17, 15) is 17.6 Å². The summed E-state index contributed by atoms with van der Waals surface area (Å²) < 4.78 is 50.1. The van der Waals surface area contributed by atoms with Gasteiger partial charge in [0.15, 0.2) is 0 Å². The fourth-order valence-corrected chi connectivity index (χ4v) is 1.47. The van der Waals surface area contributed by atoms with Crippen LogP contribution >= 0.6 is 0 Å². The molecule has 0 aliphatic carbocycles. The first-order valence-electron chi connectivity index (χ1n) is 4.98. The molecule has 0 amide bonds. The van der Waals surface area contributed by atoms with Crippen LogP contribution in [0.1, 0.15) is 36.9 Å². The summed E-state index contributed by atoms with van der Waals surface area (Å²) in [5, 5.41) is 0. The van der Waals surface area contributed by atoms with Crippen LogP contribution in [-0.2, 0) is 6.18 Å². The van der Waals surface area contributed by atoms with E-state index in [-0.39, 0.29) is 5.56 Å². The standard InChI is InChI=1S/C11H13F4N/c1-2-3-10(16)8-5-4-7(6-9(8)12)11(13,14)15/h4-6,10H,2-3,16H2,1H3/t10-/m1/s1. The van der Waals surface area contributed by atoms with E-state index in [1.54, 1.807) is 0 Å². The molecular formula is C11H13F4N. The number of hydrogen-bond acceptors (Lipinski definition) is 1. The second kappa shape index (κ2) is 4.82. The van der Waals surface area contributed by atoms with Crippen molar-refractivity contribution < 1.29 is 17.6 Å². The molecular weight excluding hydrogens is 222 g/mol. The topological polar surface area (TPSA) is 26.0 Å². The van der Waals surface area contributed by atoms with Crippen LogP contribution in [0.25, 0.3) is 0 Å². The number of nitrogens with two attached hydrogens (primary N) is 1. The summed E-state index contributed by atoms with van der Waals surface area (Å²) in [6.45, 7) is 1.88. The van der Waals surface area contributed by atoms with Crippen LogP contribution in [0.5, 0.6) is 0 Å². The summed E-state index contributed by atoms with van der Waals surface area (Å²) in [5.74, 6) is -0.893. The van der Waals surface area contributed by atoms with Gasteiger partial charge in [0.2, 0.25) is 0 Å². The number of alkyl halides is 3. The van der Waals surface area contributed by atoms with Crippen LogP contribution in [-0.4, -0.2) is 0 Å². The Kier molecular flexibility index (Phi) is 3.91. The van der Waals surface area contributed by atoms with Gasteiger partial charge in [-0.15, -0.1) is 0 Å². The zero-order valence-corrected chi connectivity index (χ0v) is 8.81. The highest BCUT2D eigenvalue weighted by Gasteiger charge is 2.31. The summed E-state index contributed by atoms with van der Waals surface area (Å²) >= 11 is 0. The second-order valence-electron chi connectivity index (χ2n) is 3.63. The molecule has 1 aromatic carbocycles. The third kappa shape index (κ3) is 2.95. The van der Waals surface area contributed by atoms with Crippen molar-refractivity contribution in [1.29, 1.82) is 0 Å². The molecule has 0 bridgehead atoms. The monoisotopic (exact) mass is 235 g/mol. The minimum Gasteiger partial charge on any atom is -0.324 e. The van der Waals surface area contributed by atoms with Crippen LogP contribution < -0.4 is 5.73 Å². The van der Waals surface area contributed by atoms with Gasteiger partial charge in [0, 0.05) is 11.6 Å². The van der Waals surface area contributed by atoms with Crippen molar-refractivity contribution in [2.24, 2.45) is 5.73 Å². The number of hydrogen-bond donors (Lipinski definition) is 1. The first-order chi connectivity index (χ1) is 7.36. The molecule has 16 heavy (non-hydrogen) atoms. The van der Waals surface area contributed by atoms with E-state index in [1.807, 2.05) is 6.92 Å². The largest absolute Gasteiger partial charge is 0.416 e. The highest BCUT2D eigenvalue weighted by molar-refractivity contribution is 5.28. The summed E-state index contributed by atoms with van der Waals surface area (Å²) in [4.78, 5) is 0. The minimum absolute atomic E-state index is 0.134. The van der Waals surface area contributed by atoms with Crippen LogP contribution in [0, 0.1) is 5.82 Å². The molecule has 0 heterocycles. The molecule has 1 atom stereocenters. The summed E-state index contributed by atoms with van der Waals surface area (Å²) in [7, 11) is 0. The van der Waals surface area contributed by atoms with Crippen molar-refractivity contribution in [3.63, 3.8) is 0 Å². The maximum absolute atomic E-state index is 13.4. The van der Waals surface area contributed by atoms with Gasteiger partial charge in [-0.2, -0.15) is 13.2 Å². The van der Waals surface area contributed by atoms with Crippen LogP contribution in [0.2, 0.25) is 0 Å². The molecule has 1 rings (SSSR count). The molecule has 0 aliphatic heterocycles. The predicted octanol–water partition coefficient (Wildman–Crippen LogP) is 3.64.